The van der Waals surface area contributed by atoms with Crippen molar-refractivity contribution in [3.05, 3.63) is 57.9 Å². The summed E-state index contributed by atoms with van der Waals surface area (Å²) in [7, 11) is 0. The van der Waals surface area contributed by atoms with E-state index in [1.165, 1.54) is 0 Å². The second-order valence-corrected chi connectivity index (χ2v) is 8.68. The molecule has 0 saturated carbocycles. The van der Waals surface area contributed by atoms with Crippen LogP contribution < -0.4 is 5.32 Å². The van der Waals surface area contributed by atoms with Crippen molar-refractivity contribution in [2.45, 2.75) is 52.3 Å². The molecule has 0 saturated heterocycles. The SMILES string of the molecule is CC1=C(C(=O)OCCOCC(F)(F)F)C(c2cccc(C#N)c2)C(C(=O)OC(C)(C)C)=C(C)N1. The number of alkyl halides is 3. The number of halogens is 3. The lowest BCUT2D eigenvalue weighted by Gasteiger charge is -2.32. The fourth-order valence-corrected chi connectivity index (χ4v) is 3.45. The molecule has 34 heavy (non-hydrogen) atoms. The number of hydrogen-bond acceptors (Lipinski definition) is 7. The maximum absolute atomic E-state index is 13.1. The van der Waals surface area contributed by atoms with Gasteiger partial charge in [0.15, 0.2) is 0 Å². The molecule has 0 fully saturated rings. The van der Waals surface area contributed by atoms with Gasteiger partial charge in [-0.25, -0.2) is 9.59 Å². The molecular formula is C24H27F3N2O5. The number of carbonyl (C=O) groups is 2. The lowest BCUT2D eigenvalue weighted by molar-refractivity contribution is -0.177. The number of benzene rings is 1. The highest BCUT2D eigenvalue weighted by Crippen LogP contribution is 2.40. The number of nitriles is 1. The summed E-state index contributed by atoms with van der Waals surface area (Å²) in [6.45, 7) is 6.08. The average Bonchev–Trinajstić information content (AvgIpc) is 2.70. The average molecular weight is 480 g/mol. The Bertz CT molecular complexity index is 1050. The Morgan fingerprint density at radius 3 is 2.24 bits per heavy atom. The minimum Gasteiger partial charge on any atom is -0.460 e. The maximum Gasteiger partial charge on any atom is 0.411 e. The van der Waals surface area contributed by atoms with E-state index in [2.05, 4.69) is 10.1 Å². The highest BCUT2D eigenvalue weighted by molar-refractivity contribution is 6.00. The molecule has 184 valence electrons. The Labute approximate surface area is 196 Å². The van der Waals surface area contributed by atoms with Gasteiger partial charge in [0.25, 0.3) is 0 Å². The predicted molar refractivity (Wildman–Crippen MR) is 116 cm³/mol. The van der Waals surface area contributed by atoms with E-state index in [4.69, 9.17) is 9.47 Å². The normalized spacial score (nSPS) is 16.6. The third-order valence-electron chi connectivity index (χ3n) is 4.67. The number of nitrogens with zero attached hydrogens (tertiary/aromatic N) is 1. The molecule has 7 nitrogen and oxygen atoms in total. The number of ether oxygens (including phenoxy) is 3. The monoisotopic (exact) mass is 480 g/mol. The number of dihydropyridines is 1. The number of nitrogens with one attached hydrogen (secondary N) is 1. The van der Waals surface area contributed by atoms with Crippen LogP contribution in [0.25, 0.3) is 0 Å². The molecule has 1 aromatic rings. The zero-order valence-corrected chi connectivity index (χ0v) is 19.6. The van der Waals surface area contributed by atoms with E-state index < -0.39 is 49.5 Å². The van der Waals surface area contributed by atoms with Crippen molar-refractivity contribution in [2.75, 3.05) is 19.8 Å². The quantitative estimate of drug-likeness (QED) is 0.460. The first-order valence-electron chi connectivity index (χ1n) is 10.5. The smallest absolute Gasteiger partial charge is 0.411 e. The fourth-order valence-electron chi connectivity index (χ4n) is 3.45. The Balaban J connectivity index is 2.40. The van der Waals surface area contributed by atoms with Crippen LogP contribution in [0.4, 0.5) is 13.2 Å². The number of hydrogen-bond donors (Lipinski definition) is 1. The summed E-state index contributed by atoms with van der Waals surface area (Å²) in [6.07, 6.45) is -4.49. The summed E-state index contributed by atoms with van der Waals surface area (Å²) in [5.41, 5.74) is 1.11. The van der Waals surface area contributed by atoms with Crippen LogP contribution in [0.5, 0.6) is 0 Å². The van der Waals surface area contributed by atoms with Gasteiger partial charge < -0.3 is 19.5 Å². The lowest BCUT2D eigenvalue weighted by atomic mass is 9.80. The van der Waals surface area contributed by atoms with Crippen LogP contribution in [0.1, 0.15) is 51.7 Å². The third-order valence-corrected chi connectivity index (χ3v) is 4.67. The van der Waals surface area contributed by atoms with Gasteiger partial charge in [-0.3, -0.25) is 0 Å². The summed E-state index contributed by atoms with van der Waals surface area (Å²) >= 11 is 0. The molecule has 0 amide bonds. The van der Waals surface area contributed by atoms with Crippen LogP contribution >= 0.6 is 0 Å². The van der Waals surface area contributed by atoms with Crippen molar-refractivity contribution < 1.29 is 37.0 Å². The van der Waals surface area contributed by atoms with Crippen molar-refractivity contribution in [1.82, 2.24) is 5.32 Å². The first kappa shape index (κ1) is 26.9. The molecular weight excluding hydrogens is 453 g/mol. The van der Waals surface area contributed by atoms with E-state index in [1.54, 1.807) is 58.9 Å². The van der Waals surface area contributed by atoms with Gasteiger partial charge in [-0.1, -0.05) is 12.1 Å². The highest BCUT2D eigenvalue weighted by Gasteiger charge is 2.39. The van der Waals surface area contributed by atoms with Crippen molar-refractivity contribution >= 4 is 11.9 Å². The molecule has 1 unspecified atom stereocenters. The van der Waals surface area contributed by atoms with Gasteiger partial charge in [0.1, 0.15) is 18.8 Å². The zero-order valence-electron chi connectivity index (χ0n) is 19.6. The molecule has 10 heteroatoms. The molecule has 1 heterocycles. The molecule has 1 aliphatic rings. The maximum atomic E-state index is 13.1. The van der Waals surface area contributed by atoms with E-state index >= 15 is 0 Å². The van der Waals surface area contributed by atoms with Gasteiger partial charge in [-0.15, -0.1) is 0 Å². The number of rotatable bonds is 7. The van der Waals surface area contributed by atoms with E-state index in [0.29, 0.717) is 22.5 Å². The van der Waals surface area contributed by atoms with Crippen LogP contribution in [0, 0.1) is 11.3 Å². The van der Waals surface area contributed by atoms with Crippen molar-refractivity contribution in [3.63, 3.8) is 0 Å². The van der Waals surface area contributed by atoms with Crippen LogP contribution in [-0.2, 0) is 23.8 Å². The standard InChI is InChI=1S/C24H27F3N2O5/c1-14-18(21(30)33-10-9-32-13-24(25,26)27)20(17-8-6-7-16(11-17)12-28)19(15(2)29-14)22(31)34-23(3,4)5/h6-8,11,20,29H,9-10,13H2,1-5H3. The second kappa shape index (κ2) is 10.7. The Morgan fingerprint density at radius 1 is 1.06 bits per heavy atom. The summed E-state index contributed by atoms with van der Waals surface area (Å²) in [4.78, 5) is 26.2. The van der Waals surface area contributed by atoms with Gasteiger partial charge in [0.2, 0.25) is 0 Å². The van der Waals surface area contributed by atoms with E-state index in [1.807, 2.05) is 6.07 Å². The van der Waals surface area contributed by atoms with Crippen molar-refractivity contribution in [2.24, 2.45) is 0 Å². The molecule has 0 aliphatic carbocycles. The van der Waals surface area contributed by atoms with Crippen LogP contribution in [0.2, 0.25) is 0 Å². The Hall–Kier alpha value is -3.32. The second-order valence-electron chi connectivity index (χ2n) is 8.68. The van der Waals surface area contributed by atoms with Gasteiger partial charge in [-0.2, -0.15) is 18.4 Å². The van der Waals surface area contributed by atoms with Gasteiger partial charge in [0.05, 0.1) is 35.3 Å². The fraction of sp³-hybridized carbons (Fsp3) is 0.458. The van der Waals surface area contributed by atoms with Crippen molar-refractivity contribution in [1.29, 1.82) is 5.26 Å². The largest absolute Gasteiger partial charge is 0.460 e. The molecule has 0 aromatic heterocycles. The lowest BCUT2D eigenvalue weighted by Crippen LogP contribution is -2.35. The molecule has 0 spiro atoms. The summed E-state index contributed by atoms with van der Waals surface area (Å²) in [5.74, 6) is -2.41. The van der Waals surface area contributed by atoms with Gasteiger partial charge in [-0.05, 0) is 52.3 Å². The first-order valence-corrected chi connectivity index (χ1v) is 10.5. The number of carbonyl (C=O) groups excluding carboxylic acids is 2. The van der Waals surface area contributed by atoms with Crippen LogP contribution in [-0.4, -0.2) is 43.5 Å². The first-order chi connectivity index (χ1) is 15.7. The van der Waals surface area contributed by atoms with Gasteiger partial charge in [0, 0.05) is 11.4 Å². The predicted octanol–water partition coefficient (Wildman–Crippen LogP) is 4.26. The summed E-state index contributed by atoms with van der Waals surface area (Å²) in [6, 6.07) is 8.46. The van der Waals surface area contributed by atoms with E-state index in [9.17, 15) is 28.0 Å². The molecule has 1 atom stereocenters. The Morgan fingerprint density at radius 2 is 1.68 bits per heavy atom. The highest BCUT2D eigenvalue weighted by atomic mass is 19.4. The minimum absolute atomic E-state index is 0.0809. The molecule has 1 N–H and O–H groups in total. The third kappa shape index (κ3) is 7.35. The number of allylic oxidation sites excluding steroid dienone is 2. The summed E-state index contributed by atoms with van der Waals surface area (Å²) in [5, 5.41) is 12.3. The minimum atomic E-state index is -4.49. The molecule has 0 bridgehead atoms. The molecule has 1 aromatic carbocycles. The van der Waals surface area contributed by atoms with E-state index in [-0.39, 0.29) is 11.1 Å². The summed E-state index contributed by atoms with van der Waals surface area (Å²) < 4.78 is 51.9. The zero-order chi connectivity index (χ0) is 25.7. The molecule has 1 aliphatic heterocycles. The van der Waals surface area contributed by atoms with Gasteiger partial charge >= 0.3 is 18.1 Å². The Kier molecular flexibility index (Phi) is 8.51. The van der Waals surface area contributed by atoms with Crippen LogP contribution in [0.15, 0.2) is 46.8 Å². The van der Waals surface area contributed by atoms with Crippen LogP contribution in [0.3, 0.4) is 0 Å². The molecule has 2 rings (SSSR count). The van der Waals surface area contributed by atoms with Crippen molar-refractivity contribution in [3.8, 4) is 6.07 Å². The molecule has 0 radical (unpaired) electrons. The number of esters is 2. The topological polar surface area (TPSA) is 97.7 Å². The van der Waals surface area contributed by atoms with E-state index in [0.717, 1.165) is 0 Å².